The second kappa shape index (κ2) is 37.9. The van der Waals surface area contributed by atoms with Crippen molar-refractivity contribution in [3.05, 3.63) is 30.3 Å². The molecule has 0 saturated heterocycles. The second-order valence-electron chi connectivity index (χ2n) is 9.20. The van der Waals surface area contributed by atoms with Gasteiger partial charge < -0.3 is 61.6 Å². The largest absolute Gasteiger partial charge is 0.491 e. The second-order valence-corrected chi connectivity index (χ2v) is 9.20. The predicted octanol–water partition coefficient (Wildman–Crippen LogP) is 2.23. The van der Waals surface area contributed by atoms with Crippen LogP contribution in [0.15, 0.2) is 30.3 Å². The van der Waals surface area contributed by atoms with Crippen LogP contribution in [0.3, 0.4) is 0 Å². The van der Waals surface area contributed by atoms with Gasteiger partial charge in [0.1, 0.15) is 19.0 Å². The maximum absolute atomic E-state index is 11.8. The maximum Gasteiger partial charge on any atom is 0.119 e. The molecule has 14 heteroatoms. The Morgan fingerprint density at radius 2 is 0.500 bits per heavy atom. The van der Waals surface area contributed by atoms with Gasteiger partial charge in [0.2, 0.25) is 0 Å². The molecule has 0 N–H and O–H groups in total. The molecule has 0 aliphatic carbocycles. The number of alkyl halides is 1. The molecule has 1 aromatic carbocycles. The minimum Gasteiger partial charge on any atom is -0.491 e. The van der Waals surface area contributed by atoms with E-state index in [1.807, 2.05) is 30.3 Å². The Morgan fingerprint density at radius 1 is 0.283 bits per heavy atom. The van der Waals surface area contributed by atoms with E-state index in [2.05, 4.69) is 0 Å². The molecule has 0 aromatic heterocycles. The maximum atomic E-state index is 11.8. The third-order valence-electron chi connectivity index (χ3n) is 5.55. The van der Waals surface area contributed by atoms with Crippen LogP contribution in [0.2, 0.25) is 0 Å². The molecule has 0 atom stereocenters. The molecule has 0 bridgehead atoms. The molecule has 0 saturated carbocycles. The van der Waals surface area contributed by atoms with Crippen LogP contribution in [0.5, 0.6) is 5.75 Å². The zero-order chi connectivity index (χ0) is 32.7. The van der Waals surface area contributed by atoms with Crippen molar-refractivity contribution in [2.24, 2.45) is 0 Å². The molecule has 0 heterocycles. The zero-order valence-corrected chi connectivity index (χ0v) is 27.5. The highest BCUT2D eigenvalue weighted by molar-refractivity contribution is 5.20. The topological polar surface area (TPSA) is 120 Å². The summed E-state index contributed by atoms with van der Waals surface area (Å²) in [5.41, 5.74) is 0. The van der Waals surface area contributed by atoms with Gasteiger partial charge in [-0.1, -0.05) is 18.2 Å². The van der Waals surface area contributed by atoms with Crippen molar-refractivity contribution in [3.63, 3.8) is 0 Å². The summed E-state index contributed by atoms with van der Waals surface area (Å²) >= 11 is 0. The molecular weight excluding hydrogens is 611 g/mol. The van der Waals surface area contributed by atoms with Gasteiger partial charge in [-0.2, -0.15) is 0 Å². The van der Waals surface area contributed by atoms with Crippen LogP contribution in [-0.4, -0.2) is 172 Å². The summed E-state index contributed by atoms with van der Waals surface area (Å²) in [5, 5.41) is 0. The normalized spacial score (nSPS) is 11.4. The fourth-order valence-electron chi connectivity index (χ4n) is 3.31. The predicted molar refractivity (Wildman–Crippen MR) is 168 cm³/mol. The first-order chi connectivity index (χ1) is 22.9. The number of halogens is 1. The van der Waals surface area contributed by atoms with Gasteiger partial charge in [-0.3, -0.25) is 0 Å². The van der Waals surface area contributed by atoms with E-state index in [0.717, 1.165) is 5.75 Å². The van der Waals surface area contributed by atoms with Gasteiger partial charge in [0.15, 0.2) is 0 Å². The molecule has 0 aliphatic rings. The van der Waals surface area contributed by atoms with Crippen molar-refractivity contribution in [3.8, 4) is 5.75 Å². The number of hydrogen-bond acceptors (Lipinski definition) is 13. The van der Waals surface area contributed by atoms with Crippen LogP contribution >= 0.6 is 0 Å². The van der Waals surface area contributed by atoms with E-state index in [0.29, 0.717) is 159 Å². The van der Waals surface area contributed by atoms with Gasteiger partial charge in [-0.15, -0.1) is 0 Å². The lowest BCUT2D eigenvalue weighted by atomic mass is 10.3. The Labute approximate surface area is 274 Å². The summed E-state index contributed by atoms with van der Waals surface area (Å²) in [5.74, 6) is 0.841. The Bertz CT molecular complexity index is 693. The molecule has 46 heavy (non-hydrogen) atoms. The van der Waals surface area contributed by atoms with E-state index < -0.39 is 6.67 Å². The Kier molecular flexibility index (Phi) is 35.0. The fourth-order valence-corrected chi connectivity index (χ4v) is 3.31. The van der Waals surface area contributed by atoms with Gasteiger partial charge in [0, 0.05) is 0 Å². The van der Waals surface area contributed by atoms with E-state index in [-0.39, 0.29) is 6.61 Å². The van der Waals surface area contributed by atoms with Crippen LogP contribution in [0, 0.1) is 0 Å². The Morgan fingerprint density at radius 3 is 0.739 bits per heavy atom. The van der Waals surface area contributed by atoms with Crippen LogP contribution in [0.1, 0.15) is 0 Å². The average Bonchev–Trinajstić information content (AvgIpc) is 3.08. The molecule has 13 nitrogen and oxygen atoms in total. The number of para-hydroxylation sites is 1. The first-order valence-corrected chi connectivity index (χ1v) is 16.1. The molecule has 1 aromatic rings. The summed E-state index contributed by atoms with van der Waals surface area (Å²) in [7, 11) is 0. The van der Waals surface area contributed by atoms with Crippen molar-refractivity contribution in [1.29, 1.82) is 0 Å². The van der Waals surface area contributed by atoms with E-state index >= 15 is 0 Å². The van der Waals surface area contributed by atoms with Crippen LogP contribution in [-0.2, 0) is 56.8 Å². The molecular formula is C32H57FO13. The third kappa shape index (κ3) is 33.8. The first kappa shape index (κ1) is 42.5. The van der Waals surface area contributed by atoms with Crippen molar-refractivity contribution >= 4 is 0 Å². The van der Waals surface area contributed by atoms with Gasteiger partial charge in [-0.25, -0.2) is 4.39 Å². The third-order valence-corrected chi connectivity index (χ3v) is 5.55. The highest BCUT2D eigenvalue weighted by Gasteiger charge is 1.97. The molecule has 0 aliphatic heterocycles. The molecule has 0 radical (unpaired) electrons. The summed E-state index contributed by atoms with van der Waals surface area (Å²) in [6.45, 7) is 11.5. The highest BCUT2D eigenvalue weighted by Crippen LogP contribution is 2.07. The smallest absolute Gasteiger partial charge is 0.119 e. The lowest BCUT2D eigenvalue weighted by Crippen LogP contribution is -2.15. The molecule has 0 amide bonds. The summed E-state index contributed by atoms with van der Waals surface area (Å²) in [6, 6.07) is 9.66. The van der Waals surface area contributed by atoms with Crippen molar-refractivity contribution in [2.45, 2.75) is 0 Å². The highest BCUT2D eigenvalue weighted by atomic mass is 19.1. The first-order valence-electron chi connectivity index (χ1n) is 16.1. The molecule has 0 spiro atoms. The number of hydrogen-bond donors (Lipinski definition) is 0. The van der Waals surface area contributed by atoms with Gasteiger partial charge in [-0.05, 0) is 12.1 Å². The van der Waals surface area contributed by atoms with Crippen molar-refractivity contribution in [2.75, 3.05) is 172 Å². The number of ether oxygens (including phenoxy) is 13. The zero-order valence-electron chi connectivity index (χ0n) is 27.5. The monoisotopic (exact) mass is 668 g/mol. The number of rotatable bonds is 39. The molecule has 270 valence electrons. The van der Waals surface area contributed by atoms with Crippen molar-refractivity contribution < 1.29 is 66.0 Å². The van der Waals surface area contributed by atoms with E-state index in [9.17, 15) is 4.39 Å². The Balaban J connectivity index is 1.61. The van der Waals surface area contributed by atoms with E-state index in [1.54, 1.807) is 0 Å². The SMILES string of the molecule is FCCOCCOCCOCCOCCOCCOCCOCCOCCOCCOCCOCCOCCOc1ccccc1. The van der Waals surface area contributed by atoms with Crippen LogP contribution in [0.25, 0.3) is 0 Å². The minimum atomic E-state index is -0.476. The van der Waals surface area contributed by atoms with E-state index in [4.69, 9.17) is 61.6 Å². The standard InChI is InChI=1S/C32H57FO13/c33-6-7-34-8-9-35-10-11-36-12-13-37-14-15-38-16-17-39-18-19-40-20-21-41-22-23-42-24-25-43-26-27-44-28-29-45-30-31-46-32-4-2-1-3-5-32/h1-5H,6-31H2. The quantitative estimate of drug-likeness (QED) is 0.0955. The van der Waals surface area contributed by atoms with Crippen LogP contribution < -0.4 is 4.74 Å². The number of benzene rings is 1. The molecule has 0 fully saturated rings. The van der Waals surface area contributed by atoms with Crippen LogP contribution in [0.4, 0.5) is 4.39 Å². The summed E-state index contributed by atoms with van der Waals surface area (Å²) < 4.78 is 82.2. The lowest BCUT2D eigenvalue weighted by molar-refractivity contribution is -0.0286. The van der Waals surface area contributed by atoms with Crippen molar-refractivity contribution in [1.82, 2.24) is 0 Å². The lowest BCUT2D eigenvalue weighted by Gasteiger charge is -2.09. The summed E-state index contributed by atoms with van der Waals surface area (Å²) in [6.07, 6.45) is 0. The van der Waals surface area contributed by atoms with Gasteiger partial charge >= 0.3 is 0 Å². The van der Waals surface area contributed by atoms with Gasteiger partial charge in [0.25, 0.3) is 0 Å². The van der Waals surface area contributed by atoms with E-state index in [1.165, 1.54) is 0 Å². The van der Waals surface area contributed by atoms with Gasteiger partial charge in [0.05, 0.1) is 159 Å². The fraction of sp³-hybridized carbons (Fsp3) is 0.812. The molecule has 0 unspecified atom stereocenters. The average molecular weight is 669 g/mol. The minimum absolute atomic E-state index is 0.112. The molecule has 1 rings (SSSR count). The summed E-state index contributed by atoms with van der Waals surface area (Å²) in [4.78, 5) is 0. The Hall–Kier alpha value is -1.53.